The van der Waals surface area contributed by atoms with Crippen molar-refractivity contribution in [1.82, 2.24) is 0 Å². The molecule has 248 valence electrons. The maximum absolute atomic E-state index is 2.41. The van der Waals surface area contributed by atoms with E-state index in [0.717, 1.165) is 17.1 Å². The predicted octanol–water partition coefficient (Wildman–Crippen LogP) is 14.1. The molecule has 0 spiro atoms. The van der Waals surface area contributed by atoms with Crippen molar-refractivity contribution in [3.05, 3.63) is 211 Å². The van der Waals surface area contributed by atoms with Gasteiger partial charge in [0.2, 0.25) is 0 Å². The van der Waals surface area contributed by atoms with Crippen molar-refractivity contribution in [2.75, 3.05) is 4.90 Å². The minimum Gasteiger partial charge on any atom is -0.310 e. The first-order chi connectivity index (χ1) is 25.5. The lowest BCUT2D eigenvalue weighted by atomic mass is 9.81. The molecular weight excluding hydrogens is 627 g/mol. The van der Waals surface area contributed by atoms with Crippen molar-refractivity contribution in [2.24, 2.45) is 0 Å². The highest BCUT2D eigenvalue weighted by molar-refractivity contribution is 5.90. The van der Waals surface area contributed by atoms with Crippen LogP contribution in [0.1, 0.15) is 25.0 Å². The lowest BCUT2D eigenvalue weighted by molar-refractivity contribution is 0.660. The van der Waals surface area contributed by atoms with Crippen LogP contribution in [0.15, 0.2) is 200 Å². The molecule has 0 bridgehead atoms. The molecule has 0 saturated heterocycles. The van der Waals surface area contributed by atoms with Gasteiger partial charge in [0.25, 0.3) is 0 Å². The Hall–Kier alpha value is -6.44. The van der Waals surface area contributed by atoms with Gasteiger partial charge in [-0.2, -0.15) is 0 Å². The normalized spacial score (nSPS) is 12.6. The summed E-state index contributed by atoms with van der Waals surface area (Å²) in [4.78, 5) is 2.41. The van der Waals surface area contributed by atoms with Crippen LogP contribution in [0, 0.1) is 0 Å². The Morgan fingerprint density at radius 1 is 0.308 bits per heavy atom. The van der Waals surface area contributed by atoms with Gasteiger partial charge in [0.1, 0.15) is 0 Å². The van der Waals surface area contributed by atoms with Crippen LogP contribution in [0.2, 0.25) is 0 Å². The molecule has 0 radical (unpaired) electrons. The average molecular weight is 666 g/mol. The maximum Gasteiger partial charge on any atom is 0.0540 e. The van der Waals surface area contributed by atoms with Gasteiger partial charge in [-0.15, -0.1) is 0 Å². The summed E-state index contributed by atoms with van der Waals surface area (Å²) in [6, 6.07) is 72.8. The van der Waals surface area contributed by atoms with E-state index in [9.17, 15) is 0 Å². The van der Waals surface area contributed by atoms with Crippen LogP contribution in [0.5, 0.6) is 0 Å². The lowest BCUT2D eigenvalue weighted by Gasteiger charge is -2.29. The van der Waals surface area contributed by atoms with Crippen LogP contribution in [0.25, 0.3) is 55.6 Å². The van der Waals surface area contributed by atoms with Crippen molar-refractivity contribution in [2.45, 2.75) is 19.3 Å². The lowest BCUT2D eigenvalue weighted by Crippen LogP contribution is -2.14. The van der Waals surface area contributed by atoms with Gasteiger partial charge in [-0.25, -0.2) is 0 Å². The summed E-state index contributed by atoms with van der Waals surface area (Å²) in [6.45, 7) is 4.70. The van der Waals surface area contributed by atoms with E-state index in [1.54, 1.807) is 0 Å². The summed E-state index contributed by atoms with van der Waals surface area (Å²) < 4.78 is 0. The van der Waals surface area contributed by atoms with E-state index in [1.165, 1.54) is 66.8 Å². The zero-order chi connectivity index (χ0) is 35.1. The Morgan fingerprint density at radius 3 is 1.44 bits per heavy atom. The molecule has 0 N–H and O–H groups in total. The summed E-state index contributed by atoms with van der Waals surface area (Å²) in [5.74, 6) is 0. The van der Waals surface area contributed by atoms with Crippen molar-refractivity contribution < 1.29 is 0 Å². The molecule has 0 saturated carbocycles. The average Bonchev–Trinajstić information content (AvgIpc) is 3.44. The number of fused-ring (bicyclic) bond motifs is 3. The first kappa shape index (κ1) is 31.5. The third-order valence-corrected chi connectivity index (χ3v) is 10.7. The molecule has 0 heterocycles. The molecule has 1 nitrogen and oxygen atoms in total. The molecule has 52 heavy (non-hydrogen) atoms. The van der Waals surface area contributed by atoms with Gasteiger partial charge < -0.3 is 4.90 Å². The molecule has 1 aliphatic carbocycles. The Kier molecular flexibility index (Phi) is 7.90. The fraction of sp³-hybridized carbons (Fsp3) is 0.0588. The summed E-state index contributed by atoms with van der Waals surface area (Å²) in [7, 11) is 0. The number of rotatable bonds is 7. The molecule has 0 fully saturated rings. The maximum atomic E-state index is 2.41. The zero-order valence-corrected chi connectivity index (χ0v) is 29.5. The minimum absolute atomic E-state index is 0.0365. The fourth-order valence-electron chi connectivity index (χ4n) is 8.00. The Bertz CT molecular complexity index is 2540. The smallest absolute Gasteiger partial charge is 0.0540 e. The third-order valence-electron chi connectivity index (χ3n) is 10.7. The number of para-hydroxylation sites is 1. The van der Waals surface area contributed by atoms with Gasteiger partial charge in [-0.1, -0.05) is 172 Å². The topological polar surface area (TPSA) is 3.24 Å². The van der Waals surface area contributed by atoms with Gasteiger partial charge in [0.15, 0.2) is 0 Å². The molecule has 9 rings (SSSR count). The molecule has 0 atom stereocenters. The molecule has 8 aromatic carbocycles. The largest absolute Gasteiger partial charge is 0.310 e. The molecule has 0 aromatic heterocycles. The van der Waals surface area contributed by atoms with E-state index in [4.69, 9.17) is 0 Å². The first-order valence-electron chi connectivity index (χ1n) is 18.1. The Labute approximate surface area is 307 Å². The second kappa shape index (κ2) is 13.0. The standard InChI is InChI=1S/C51H39N/c1-51(2)48-28-11-9-27-46(48)47-31-30-42(35-49(47)51)39-21-13-20-38(32-39)41-23-15-25-44(34-41)52(43-24-14-22-40(33-43)36-16-5-3-6-17-36)50-29-12-10-26-45(50)37-18-7-4-8-19-37/h3-35H,1-2H3. The molecule has 1 aliphatic rings. The van der Waals surface area contributed by atoms with Crippen LogP contribution < -0.4 is 4.90 Å². The molecule has 1 heteroatoms. The van der Waals surface area contributed by atoms with Crippen LogP contribution in [-0.4, -0.2) is 0 Å². The van der Waals surface area contributed by atoms with E-state index >= 15 is 0 Å². The second-order valence-corrected chi connectivity index (χ2v) is 14.2. The molecule has 8 aromatic rings. The Balaban J connectivity index is 1.15. The van der Waals surface area contributed by atoms with Gasteiger partial charge in [0, 0.05) is 22.4 Å². The van der Waals surface area contributed by atoms with Gasteiger partial charge in [-0.05, 0) is 104 Å². The number of nitrogens with zero attached hydrogens (tertiary/aromatic N) is 1. The van der Waals surface area contributed by atoms with Crippen molar-refractivity contribution in [3.63, 3.8) is 0 Å². The number of hydrogen-bond donors (Lipinski definition) is 0. The number of benzene rings is 8. The van der Waals surface area contributed by atoms with E-state index in [2.05, 4.69) is 219 Å². The van der Waals surface area contributed by atoms with Crippen LogP contribution >= 0.6 is 0 Å². The summed E-state index contributed by atoms with van der Waals surface area (Å²) in [5.41, 5.74) is 18.4. The van der Waals surface area contributed by atoms with E-state index in [-0.39, 0.29) is 5.41 Å². The highest BCUT2D eigenvalue weighted by Gasteiger charge is 2.35. The SMILES string of the molecule is CC1(C)c2ccccc2-c2ccc(-c3cccc(-c4cccc(N(c5cccc(-c6ccccc6)c5)c5ccccc5-c5ccccc5)c4)c3)cc21. The van der Waals surface area contributed by atoms with Gasteiger partial charge >= 0.3 is 0 Å². The quantitative estimate of drug-likeness (QED) is 0.164. The van der Waals surface area contributed by atoms with Crippen molar-refractivity contribution in [3.8, 4) is 55.6 Å². The minimum atomic E-state index is -0.0365. The number of anilines is 3. The fourth-order valence-corrected chi connectivity index (χ4v) is 8.00. The van der Waals surface area contributed by atoms with E-state index in [0.29, 0.717) is 0 Å². The monoisotopic (exact) mass is 665 g/mol. The van der Waals surface area contributed by atoms with Crippen molar-refractivity contribution in [1.29, 1.82) is 0 Å². The summed E-state index contributed by atoms with van der Waals surface area (Å²) in [6.07, 6.45) is 0. The zero-order valence-electron chi connectivity index (χ0n) is 29.5. The third kappa shape index (κ3) is 5.61. The van der Waals surface area contributed by atoms with Crippen LogP contribution in [0.4, 0.5) is 17.1 Å². The van der Waals surface area contributed by atoms with E-state index < -0.39 is 0 Å². The second-order valence-electron chi connectivity index (χ2n) is 14.2. The summed E-state index contributed by atoms with van der Waals surface area (Å²) >= 11 is 0. The van der Waals surface area contributed by atoms with Gasteiger partial charge in [0.05, 0.1) is 5.69 Å². The van der Waals surface area contributed by atoms with Gasteiger partial charge in [-0.3, -0.25) is 0 Å². The summed E-state index contributed by atoms with van der Waals surface area (Å²) in [5, 5.41) is 0. The Morgan fingerprint density at radius 2 is 0.769 bits per heavy atom. The molecule has 0 aliphatic heterocycles. The molecule has 0 unspecified atom stereocenters. The predicted molar refractivity (Wildman–Crippen MR) is 220 cm³/mol. The molecule has 0 amide bonds. The van der Waals surface area contributed by atoms with Crippen LogP contribution in [-0.2, 0) is 5.41 Å². The van der Waals surface area contributed by atoms with Crippen molar-refractivity contribution >= 4 is 17.1 Å². The first-order valence-corrected chi connectivity index (χ1v) is 18.1. The van der Waals surface area contributed by atoms with Crippen LogP contribution in [0.3, 0.4) is 0 Å². The highest BCUT2D eigenvalue weighted by Crippen LogP contribution is 2.50. The molecular formula is C51H39N. The van der Waals surface area contributed by atoms with E-state index in [1.807, 2.05) is 0 Å². The number of hydrogen-bond acceptors (Lipinski definition) is 1. The highest BCUT2D eigenvalue weighted by atomic mass is 15.1.